The summed E-state index contributed by atoms with van der Waals surface area (Å²) in [5.74, 6) is 0. The van der Waals surface area contributed by atoms with Gasteiger partial charge in [0.1, 0.15) is 0 Å². The van der Waals surface area contributed by atoms with E-state index in [2.05, 4.69) is 5.16 Å². The average molecular weight is 164 g/mol. The van der Waals surface area contributed by atoms with E-state index in [9.17, 15) is 0 Å². The van der Waals surface area contributed by atoms with Gasteiger partial charge in [-0.1, -0.05) is 36.3 Å². The van der Waals surface area contributed by atoms with Crippen LogP contribution in [0.4, 0.5) is 0 Å². The van der Waals surface area contributed by atoms with Crippen LogP contribution in [0, 0.1) is 0 Å². The lowest BCUT2D eigenvalue weighted by Crippen LogP contribution is -1.94. The summed E-state index contributed by atoms with van der Waals surface area (Å²) in [7, 11) is 0. The van der Waals surface area contributed by atoms with Gasteiger partial charge in [-0.25, -0.2) is 0 Å². The molecule has 0 aliphatic carbocycles. The summed E-state index contributed by atoms with van der Waals surface area (Å²) >= 11 is 0. The minimum absolute atomic E-state index is 0.208. The van der Waals surface area contributed by atoms with E-state index in [1.807, 2.05) is 31.2 Å². The molecular weight excluding hydrogens is 150 g/mol. The van der Waals surface area contributed by atoms with Crippen molar-refractivity contribution in [2.24, 2.45) is 5.16 Å². The average Bonchev–Trinajstić information content (AvgIpc) is 2.17. The van der Waals surface area contributed by atoms with Crippen molar-refractivity contribution < 1.29 is 6.58 Å². The zero-order chi connectivity index (χ0) is 9.84. The molecule has 0 saturated carbocycles. The van der Waals surface area contributed by atoms with Crippen molar-refractivity contribution in [3.05, 3.63) is 35.4 Å². The summed E-state index contributed by atoms with van der Waals surface area (Å²) in [6.45, 7) is 3.56. The summed E-state index contributed by atoms with van der Waals surface area (Å²) in [5.41, 5.74) is 2.44. The third kappa shape index (κ3) is 1.84. The highest BCUT2D eigenvalue weighted by atomic mass is 16.4. The van der Waals surface area contributed by atoms with Crippen molar-refractivity contribution in [3.63, 3.8) is 0 Å². The monoisotopic (exact) mass is 164 g/mol. The van der Waals surface area contributed by atoms with Crippen LogP contribution in [0.15, 0.2) is 29.4 Å². The van der Waals surface area contributed by atoms with E-state index in [1.54, 1.807) is 6.92 Å². The first kappa shape index (κ1) is 7.35. The SMILES string of the molecule is [2H][C@@H](C)c1ccc(/C(C)=N/O)cc1. The zero-order valence-corrected chi connectivity index (χ0v) is 7.28. The van der Waals surface area contributed by atoms with Crippen LogP contribution in [0.1, 0.15) is 26.3 Å². The van der Waals surface area contributed by atoms with Gasteiger partial charge in [-0.05, 0) is 24.4 Å². The predicted octanol–water partition coefficient (Wildman–Crippen LogP) is 2.45. The van der Waals surface area contributed by atoms with E-state index in [-0.39, 0.29) is 6.40 Å². The van der Waals surface area contributed by atoms with Crippen LogP contribution in [-0.4, -0.2) is 10.9 Å². The Kier molecular flexibility index (Phi) is 2.39. The van der Waals surface area contributed by atoms with Crippen LogP contribution < -0.4 is 0 Å². The molecule has 0 saturated heterocycles. The first-order valence-electron chi connectivity index (χ1n) is 4.44. The quantitative estimate of drug-likeness (QED) is 0.406. The second kappa shape index (κ2) is 3.90. The van der Waals surface area contributed by atoms with Crippen LogP contribution in [0.5, 0.6) is 0 Å². The number of benzene rings is 1. The van der Waals surface area contributed by atoms with E-state index < -0.39 is 0 Å². The molecular formula is C10H13NO. The van der Waals surface area contributed by atoms with E-state index >= 15 is 0 Å². The lowest BCUT2D eigenvalue weighted by molar-refractivity contribution is 0.319. The smallest absolute Gasteiger partial charge is 0.0836 e. The fourth-order valence-corrected chi connectivity index (χ4v) is 0.975. The molecule has 12 heavy (non-hydrogen) atoms. The normalized spacial score (nSPS) is 15.5. The largest absolute Gasteiger partial charge is 0.411 e. The van der Waals surface area contributed by atoms with Crippen LogP contribution in [0.3, 0.4) is 0 Å². The minimum Gasteiger partial charge on any atom is -0.411 e. The molecule has 0 amide bonds. The number of hydrogen-bond donors (Lipinski definition) is 1. The summed E-state index contributed by atoms with van der Waals surface area (Å²) < 4.78 is 7.46. The number of nitrogens with zero attached hydrogens (tertiary/aromatic N) is 1. The zero-order valence-electron chi connectivity index (χ0n) is 8.28. The van der Waals surface area contributed by atoms with E-state index in [0.29, 0.717) is 5.71 Å². The van der Waals surface area contributed by atoms with Crippen LogP contribution >= 0.6 is 0 Å². The first-order chi connectivity index (χ1) is 6.15. The van der Waals surface area contributed by atoms with Crippen LogP contribution in [-0.2, 0) is 6.40 Å². The van der Waals surface area contributed by atoms with Crippen molar-refractivity contribution in [2.45, 2.75) is 20.2 Å². The minimum atomic E-state index is -0.208. The molecule has 1 aromatic carbocycles. The Morgan fingerprint density at radius 3 is 2.50 bits per heavy atom. The van der Waals surface area contributed by atoms with Gasteiger partial charge in [0, 0.05) is 1.37 Å². The number of hydrogen-bond acceptors (Lipinski definition) is 2. The Morgan fingerprint density at radius 2 is 2.08 bits per heavy atom. The maximum Gasteiger partial charge on any atom is 0.0836 e. The Hall–Kier alpha value is -1.31. The second-order valence-corrected chi connectivity index (χ2v) is 2.60. The molecule has 0 bridgehead atoms. The third-order valence-electron chi connectivity index (χ3n) is 1.81. The molecule has 2 heteroatoms. The fraction of sp³-hybridized carbons (Fsp3) is 0.300. The van der Waals surface area contributed by atoms with E-state index in [1.165, 1.54) is 0 Å². The summed E-state index contributed by atoms with van der Waals surface area (Å²) in [4.78, 5) is 0. The molecule has 0 aliphatic rings. The fourth-order valence-electron chi connectivity index (χ4n) is 0.975. The van der Waals surface area contributed by atoms with Gasteiger partial charge in [-0.2, -0.15) is 0 Å². The number of aryl methyl sites for hydroxylation is 1. The number of oxime groups is 1. The molecule has 1 N–H and O–H groups in total. The molecule has 0 aliphatic heterocycles. The molecule has 0 heterocycles. The Bertz CT molecular complexity index is 303. The van der Waals surface area contributed by atoms with E-state index in [0.717, 1.165) is 11.1 Å². The molecule has 1 aromatic rings. The molecule has 0 spiro atoms. The summed E-state index contributed by atoms with van der Waals surface area (Å²) in [5, 5.41) is 11.6. The lowest BCUT2D eigenvalue weighted by atomic mass is 10.1. The van der Waals surface area contributed by atoms with Gasteiger partial charge in [0.15, 0.2) is 0 Å². The molecule has 0 radical (unpaired) electrons. The van der Waals surface area contributed by atoms with Crippen molar-refractivity contribution in [2.75, 3.05) is 0 Å². The lowest BCUT2D eigenvalue weighted by Gasteiger charge is -1.99. The van der Waals surface area contributed by atoms with Crippen LogP contribution in [0.25, 0.3) is 0 Å². The van der Waals surface area contributed by atoms with Crippen molar-refractivity contribution in [3.8, 4) is 0 Å². The molecule has 0 unspecified atom stereocenters. The maximum atomic E-state index is 8.52. The Labute approximate surface area is 73.9 Å². The van der Waals surface area contributed by atoms with Gasteiger partial charge in [0.25, 0.3) is 0 Å². The van der Waals surface area contributed by atoms with Gasteiger partial charge < -0.3 is 5.21 Å². The Morgan fingerprint density at radius 1 is 1.50 bits per heavy atom. The highest BCUT2D eigenvalue weighted by molar-refractivity contribution is 5.98. The van der Waals surface area contributed by atoms with Crippen LogP contribution in [0.2, 0.25) is 0 Å². The summed E-state index contributed by atoms with van der Waals surface area (Å²) in [6, 6.07) is 7.47. The molecule has 2 nitrogen and oxygen atoms in total. The van der Waals surface area contributed by atoms with Crippen molar-refractivity contribution in [1.82, 2.24) is 0 Å². The first-order valence-corrected chi connectivity index (χ1v) is 3.86. The van der Waals surface area contributed by atoms with Gasteiger partial charge in [-0.3, -0.25) is 0 Å². The molecule has 1 rings (SSSR count). The van der Waals surface area contributed by atoms with Gasteiger partial charge in [0.2, 0.25) is 0 Å². The van der Waals surface area contributed by atoms with Gasteiger partial charge >= 0.3 is 0 Å². The summed E-state index contributed by atoms with van der Waals surface area (Å²) in [6.07, 6.45) is -0.208. The highest BCUT2D eigenvalue weighted by Gasteiger charge is 1.96. The highest BCUT2D eigenvalue weighted by Crippen LogP contribution is 2.05. The van der Waals surface area contributed by atoms with Gasteiger partial charge in [-0.15, -0.1) is 0 Å². The Balaban J connectivity index is 2.94. The molecule has 0 aromatic heterocycles. The molecule has 0 fully saturated rings. The standard InChI is InChI=1S/C10H13NO/c1-3-9-4-6-10(7-5-9)8(2)11-12/h4-7,12H,3H2,1-2H3/b11-8+/i3D/t3-/m0/s1. The molecule has 1 atom stereocenters. The van der Waals surface area contributed by atoms with Gasteiger partial charge in [0.05, 0.1) is 5.71 Å². The second-order valence-electron chi connectivity index (χ2n) is 2.60. The topological polar surface area (TPSA) is 32.6 Å². The van der Waals surface area contributed by atoms with Crippen molar-refractivity contribution in [1.29, 1.82) is 0 Å². The molecule has 64 valence electrons. The number of rotatable bonds is 2. The third-order valence-corrected chi connectivity index (χ3v) is 1.81. The predicted molar refractivity (Wildman–Crippen MR) is 49.8 cm³/mol. The maximum absolute atomic E-state index is 8.52. The van der Waals surface area contributed by atoms with E-state index in [4.69, 9.17) is 6.58 Å². The van der Waals surface area contributed by atoms with Crippen molar-refractivity contribution >= 4 is 5.71 Å².